The third kappa shape index (κ3) is 3.48. The van der Waals surface area contributed by atoms with E-state index in [9.17, 15) is 8.42 Å². The van der Waals surface area contributed by atoms with Crippen molar-refractivity contribution in [3.8, 4) is 5.75 Å². The molecule has 0 N–H and O–H groups in total. The van der Waals surface area contributed by atoms with Gasteiger partial charge in [-0.15, -0.1) is 0 Å². The van der Waals surface area contributed by atoms with E-state index in [1.807, 2.05) is 18.2 Å². The van der Waals surface area contributed by atoms with E-state index >= 15 is 0 Å². The van der Waals surface area contributed by atoms with Crippen molar-refractivity contribution in [2.75, 3.05) is 18.1 Å². The van der Waals surface area contributed by atoms with Crippen molar-refractivity contribution in [1.29, 1.82) is 0 Å². The number of hydrogen-bond donors (Lipinski definition) is 0. The van der Waals surface area contributed by atoms with Gasteiger partial charge >= 0.3 is 0 Å². The standard InChI is InChI=1S/C13H17BrO3S/c1-2-11-3-4-12(7-13(11)14)17-6-5-10-8-18(15,16)9-10/h3-4,7,10H,2,5-6,8-9H2,1H3. The van der Waals surface area contributed by atoms with Gasteiger partial charge in [0.2, 0.25) is 0 Å². The molecule has 0 aliphatic carbocycles. The molecule has 0 amide bonds. The maximum atomic E-state index is 11.0. The third-order valence-electron chi connectivity index (χ3n) is 3.18. The molecule has 0 radical (unpaired) electrons. The van der Waals surface area contributed by atoms with Crippen LogP contribution in [0.15, 0.2) is 22.7 Å². The first-order chi connectivity index (χ1) is 8.50. The van der Waals surface area contributed by atoms with E-state index in [4.69, 9.17) is 4.74 Å². The minimum atomic E-state index is -2.70. The maximum Gasteiger partial charge on any atom is 0.150 e. The number of hydrogen-bond acceptors (Lipinski definition) is 3. The summed E-state index contributed by atoms with van der Waals surface area (Å²) in [4.78, 5) is 0. The molecule has 1 aliphatic heterocycles. The fourth-order valence-corrected chi connectivity index (χ4v) is 4.39. The van der Waals surface area contributed by atoms with E-state index in [0.717, 1.165) is 23.1 Å². The lowest BCUT2D eigenvalue weighted by atomic mass is 10.1. The van der Waals surface area contributed by atoms with Crippen LogP contribution in [-0.2, 0) is 16.3 Å². The third-order valence-corrected chi connectivity index (χ3v) is 5.88. The largest absolute Gasteiger partial charge is 0.494 e. The van der Waals surface area contributed by atoms with Gasteiger partial charge in [-0.3, -0.25) is 0 Å². The molecular formula is C13H17BrO3S. The molecule has 3 nitrogen and oxygen atoms in total. The van der Waals surface area contributed by atoms with Gasteiger partial charge in [0.1, 0.15) is 5.75 Å². The average molecular weight is 333 g/mol. The van der Waals surface area contributed by atoms with E-state index in [1.54, 1.807) is 0 Å². The summed E-state index contributed by atoms with van der Waals surface area (Å²) < 4.78 is 28.7. The summed E-state index contributed by atoms with van der Waals surface area (Å²) in [6.07, 6.45) is 1.80. The molecule has 0 bridgehead atoms. The topological polar surface area (TPSA) is 43.4 Å². The van der Waals surface area contributed by atoms with Crippen molar-refractivity contribution in [2.45, 2.75) is 19.8 Å². The average Bonchev–Trinajstić information content (AvgIpc) is 2.27. The van der Waals surface area contributed by atoms with E-state index in [-0.39, 0.29) is 5.92 Å². The molecule has 1 fully saturated rings. The predicted molar refractivity (Wildman–Crippen MR) is 75.8 cm³/mol. The second-order valence-corrected chi connectivity index (χ2v) is 7.69. The number of sulfone groups is 1. The van der Waals surface area contributed by atoms with E-state index in [0.29, 0.717) is 18.1 Å². The number of rotatable bonds is 5. The Morgan fingerprint density at radius 2 is 2.11 bits per heavy atom. The normalized spacial score (nSPS) is 18.3. The fourth-order valence-electron chi connectivity index (χ4n) is 2.08. The van der Waals surface area contributed by atoms with Gasteiger partial charge in [-0.05, 0) is 36.5 Å². The Hall–Kier alpha value is -0.550. The second kappa shape index (κ2) is 5.61. The molecule has 100 valence electrons. The van der Waals surface area contributed by atoms with Gasteiger partial charge in [0.15, 0.2) is 9.84 Å². The summed E-state index contributed by atoms with van der Waals surface area (Å²) in [7, 11) is -2.70. The minimum Gasteiger partial charge on any atom is -0.494 e. The van der Waals surface area contributed by atoms with Crippen molar-refractivity contribution >= 4 is 25.8 Å². The zero-order chi connectivity index (χ0) is 13.2. The van der Waals surface area contributed by atoms with Crippen LogP contribution in [0.25, 0.3) is 0 Å². The van der Waals surface area contributed by atoms with Gasteiger partial charge in [-0.1, -0.05) is 28.9 Å². The molecule has 5 heteroatoms. The number of halogens is 1. The summed E-state index contributed by atoms with van der Waals surface area (Å²) in [5.74, 6) is 1.78. The highest BCUT2D eigenvalue weighted by atomic mass is 79.9. The van der Waals surface area contributed by atoms with Crippen LogP contribution in [0.3, 0.4) is 0 Å². The predicted octanol–water partition coefficient (Wildman–Crippen LogP) is 2.83. The van der Waals surface area contributed by atoms with Crippen molar-refractivity contribution < 1.29 is 13.2 Å². The summed E-state index contributed by atoms with van der Waals surface area (Å²) >= 11 is 3.51. The van der Waals surface area contributed by atoms with Gasteiger partial charge in [-0.2, -0.15) is 0 Å². The van der Waals surface area contributed by atoms with Gasteiger partial charge < -0.3 is 4.74 Å². The van der Waals surface area contributed by atoms with Gasteiger partial charge in [0.25, 0.3) is 0 Å². The fraction of sp³-hybridized carbons (Fsp3) is 0.538. The minimum absolute atomic E-state index is 0.286. The van der Waals surface area contributed by atoms with Crippen molar-refractivity contribution in [3.05, 3.63) is 28.2 Å². The van der Waals surface area contributed by atoms with Gasteiger partial charge in [-0.25, -0.2) is 8.42 Å². The molecule has 0 unspecified atom stereocenters. The highest BCUT2D eigenvalue weighted by Crippen LogP contribution is 2.25. The van der Waals surface area contributed by atoms with Gasteiger partial charge in [0, 0.05) is 4.47 Å². The van der Waals surface area contributed by atoms with E-state index in [2.05, 4.69) is 22.9 Å². The summed E-state index contributed by atoms with van der Waals surface area (Å²) in [5.41, 5.74) is 1.26. The lowest BCUT2D eigenvalue weighted by Crippen LogP contribution is -2.37. The quantitative estimate of drug-likeness (QED) is 0.832. The van der Waals surface area contributed by atoms with Crippen molar-refractivity contribution in [2.24, 2.45) is 5.92 Å². The highest BCUT2D eigenvalue weighted by molar-refractivity contribution is 9.10. The molecule has 1 heterocycles. The Balaban J connectivity index is 1.79. The maximum absolute atomic E-state index is 11.0. The molecule has 1 saturated heterocycles. The molecular weight excluding hydrogens is 316 g/mol. The lowest BCUT2D eigenvalue weighted by Gasteiger charge is -2.25. The summed E-state index contributed by atoms with van der Waals surface area (Å²) in [6, 6.07) is 5.98. The molecule has 0 aromatic heterocycles. The molecule has 18 heavy (non-hydrogen) atoms. The van der Waals surface area contributed by atoms with Crippen LogP contribution in [0.5, 0.6) is 5.75 Å². The second-order valence-electron chi connectivity index (χ2n) is 4.69. The Morgan fingerprint density at radius 1 is 1.39 bits per heavy atom. The highest BCUT2D eigenvalue weighted by Gasteiger charge is 2.32. The van der Waals surface area contributed by atoms with Crippen LogP contribution in [0, 0.1) is 5.92 Å². The summed E-state index contributed by atoms with van der Waals surface area (Å²) in [5, 5.41) is 0. The first-order valence-corrected chi connectivity index (χ1v) is 8.73. The Morgan fingerprint density at radius 3 is 2.67 bits per heavy atom. The Labute approximate surface area is 117 Å². The monoisotopic (exact) mass is 332 g/mol. The molecule has 0 spiro atoms. The zero-order valence-corrected chi connectivity index (χ0v) is 12.8. The Kier molecular flexibility index (Phi) is 4.33. The van der Waals surface area contributed by atoms with Crippen LogP contribution >= 0.6 is 15.9 Å². The molecule has 1 aromatic rings. The van der Waals surface area contributed by atoms with Crippen molar-refractivity contribution in [3.63, 3.8) is 0 Å². The van der Waals surface area contributed by atoms with Crippen LogP contribution < -0.4 is 4.74 Å². The number of benzene rings is 1. The number of ether oxygens (including phenoxy) is 1. The van der Waals surface area contributed by atoms with Crippen LogP contribution in [-0.4, -0.2) is 26.5 Å². The molecule has 0 atom stereocenters. The molecule has 2 rings (SSSR count). The van der Waals surface area contributed by atoms with Crippen molar-refractivity contribution in [1.82, 2.24) is 0 Å². The SMILES string of the molecule is CCc1ccc(OCCC2CS(=O)(=O)C2)cc1Br. The lowest BCUT2D eigenvalue weighted by molar-refractivity contribution is 0.285. The van der Waals surface area contributed by atoms with Crippen LogP contribution in [0.2, 0.25) is 0 Å². The summed E-state index contributed by atoms with van der Waals surface area (Å²) in [6.45, 7) is 2.69. The van der Waals surface area contributed by atoms with Crippen LogP contribution in [0.4, 0.5) is 0 Å². The Bertz CT molecular complexity index is 513. The molecule has 1 aliphatic rings. The molecule has 0 saturated carbocycles. The smallest absolute Gasteiger partial charge is 0.150 e. The van der Waals surface area contributed by atoms with E-state index in [1.165, 1.54) is 5.56 Å². The number of aryl methyl sites for hydroxylation is 1. The zero-order valence-electron chi connectivity index (χ0n) is 10.4. The van der Waals surface area contributed by atoms with E-state index < -0.39 is 9.84 Å². The first kappa shape index (κ1) is 13.9. The van der Waals surface area contributed by atoms with Crippen LogP contribution in [0.1, 0.15) is 18.9 Å². The molecule has 1 aromatic carbocycles. The van der Waals surface area contributed by atoms with Gasteiger partial charge in [0.05, 0.1) is 18.1 Å². The first-order valence-electron chi connectivity index (χ1n) is 6.12.